The number of anilines is 1. The van der Waals surface area contributed by atoms with Gasteiger partial charge in [-0.25, -0.2) is 9.98 Å². The molecule has 2 N–H and O–H groups in total. The lowest BCUT2D eigenvalue weighted by atomic mass is 10.3. The van der Waals surface area contributed by atoms with Crippen molar-refractivity contribution in [3.63, 3.8) is 0 Å². The zero-order valence-corrected chi connectivity index (χ0v) is 19.9. The van der Waals surface area contributed by atoms with Crippen molar-refractivity contribution in [3.05, 3.63) is 23.9 Å². The van der Waals surface area contributed by atoms with Gasteiger partial charge in [-0.2, -0.15) is 0 Å². The Kier molecular flexibility index (Phi) is 13.2. The van der Waals surface area contributed by atoms with Crippen LogP contribution in [0.25, 0.3) is 0 Å². The minimum atomic E-state index is 0. The molecule has 1 fully saturated rings. The molecule has 160 valence electrons. The third-order valence-corrected chi connectivity index (χ3v) is 4.68. The van der Waals surface area contributed by atoms with Gasteiger partial charge in [0.2, 0.25) is 0 Å². The first-order valence-corrected chi connectivity index (χ1v) is 10.1. The highest BCUT2D eigenvalue weighted by Crippen LogP contribution is 2.17. The Morgan fingerprint density at radius 2 is 2.04 bits per heavy atom. The minimum Gasteiger partial charge on any atom is -0.385 e. The second-order valence-electron chi connectivity index (χ2n) is 6.99. The average Bonchev–Trinajstić information content (AvgIpc) is 3.21. The average molecular weight is 504 g/mol. The number of pyridine rings is 1. The number of aliphatic imine (C=N–C) groups is 1. The topological polar surface area (TPSA) is 65.0 Å². The van der Waals surface area contributed by atoms with Gasteiger partial charge in [-0.05, 0) is 44.9 Å². The molecule has 1 aliphatic rings. The zero-order valence-electron chi connectivity index (χ0n) is 17.6. The van der Waals surface area contributed by atoms with Crippen molar-refractivity contribution in [1.29, 1.82) is 0 Å². The first-order valence-electron chi connectivity index (χ1n) is 10.1. The number of aromatic nitrogens is 1. The third-order valence-electron chi connectivity index (χ3n) is 4.68. The Balaban J connectivity index is 0.00000392. The van der Waals surface area contributed by atoms with Gasteiger partial charge < -0.3 is 25.2 Å². The molecule has 0 spiro atoms. The van der Waals surface area contributed by atoms with E-state index in [1.807, 2.05) is 6.20 Å². The fourth-order valence-corrected chi connectivity index (χ4v) is 3.11. The van der Waals surface area contributed by atoms with Gasteiger partial charge in [-0.15, -0.1) is 24.0 Å². The molecular weight excluding hydrogens is 467 g/mol. The fraction of sp³-hybridized carbons (Fsp3) is 0.700. The van der Waals surface area contributed by atoms with E-state index in [1.165, 1.54) is 12.8 Å². The predicted octanol–water partition coefficient (Wildman–Crippen LogP) is 2.32. The van der Waals surface area contributed by atoms with Crippen molar-refractivity contribution in [3.8, 4) is 0 Å². The number of halogens is 1. The molecule has 0 unspecified atom stereocenters. The van der Waals surface area contributed by atoms with Crippen LogP contribution in [-0.4, -0.2) is 75.9 Å². The van der Waals surface area contributed by atoms with E-state index < -0.39 is 0 Å². The van der Waals surface area contributed by atoms with E-state index in [4.69, 9.17) is 4.74 Å². The van der Waals surface area contributed by atoms with Crippen LogP contribution >= 0.6 is 24.0 Å². The third kappa shape index (κ3) is 9.38. The molecule has 0 radical (unpaired) electrons. The molecule has 0 bridgehead atoms. The number of nitrogens with zero attached hydrogens (tertiary/aromatic N) is 4. The Labute approximate surface area is 187 Å². The van der Waals surface area contributed by atoms with Crippen LogP contribution in [0.2, 0.25) is 0 Å². The molecule has 2 heterocycles. The van der Waals surface area contributed by atoms with E-state index in [1.54, 1.807) is 7.11 Å². The van der Waals surface area contributed by atoms with E-state index in [2.05, 4.69) is 56.5 Å². The van der Waals surface area contributed by atoms with Crippen LogP contribution in [0, 0.1) is 0 Å². The van der Waals surface area contributed by atoms with Crippen LogP contribution < -0.4 is 15.5 Å². The van der Waals surface area contributed by atoms with Crippen LogP contribution in [-0.2, 0) is 11.3 Å². The Morgan fingerprint density at radius 3 is 2.68 bits per heavy atom. The Hall–Kier alpha value is -1.13. The molecule has 0 atom stereocenters. The molecule has 7 nitrogen and oxygen atoms in total. The lowest BCUT2D eigenvalue weighted by Crippen LogP contribution is -2.41. The van der Waals surface area contributed by atoms with Gasteiger partial charge in [0.25, 0.3) is 0 Å². The largest absolute Gasteiger partial charge is 0.385 e. The van der Waals surface area contributed by atoms with Crippen molar-refractivity contribution in [2.75, 3.05) is 64.9 Å². The predicted molar refractivity (Wildman–Crippen MR) is 128 cm³/mol. The summed E-state index contributed by atoms with van der Waals surface area (Å²) in [5.74, 6) is 1.94. The second-order valence-corrected chi connectivity index (χ2v) is 6.99. The summed E-state index contributed by atoms with van der Waals surface area (Å²) in [6.07, 6.45) is 5.55. The number of nitrogens with one attached hydrogen (secondary N) is 2. The number of methoxy groups -OCH3 is 1. The number of ether oxygens (including phenoxy) is 1. The summed E-state index contributed by atoms with van der Waals surface area (Å²) in [6, 6.07) is 4.25. The number of hydrogen-bond acceptors (Lipinski definition) is 5. The molecule has 1 aliphatic heterocycles. The van der Waals surface area contributed by atoms with Crippen LogP contribution in [0.4, 0.5) is 5.82 Å². The van der Waals surface area contributed by atoms with Crippen molar-refractivity contribution in [1.82, 2.24) is 20.5 Å². The lowest BCUT2D eigenvalue weighted by molar-refractivity contribution is 0.180. The monoisotopic (exact) mass is 504 g/mol. The van der Waals surface area contributed by atoms with E-state index >= 15 is 0 Å². The van der Waals surface area contributed by atoms with E-state index in [0.29, 0.717) is 6.54 Å². The van der Waals surface area contributed by atoms with Crippen LogP contribution in [0.5, 0.6) is 0 Å². The number of likely N-dealkylation sites (N-methyl/N-ethyl adjacent to an activating group) is 1. The number of hydrogen-bond donors (Lipinski definition) is 2. The molecule has 1 saturated heterocycles. The van der Waals surface area contributed by atoms with E-state index in [-0.39, 0.29) is 24.0 Å². The fourth-order valence-electron chi connectivity index (χ4n) is 3.11. The maximum absolute atomic E-state index is 5.10. The van der Waals surface area contributed by atoms with Gasteiger partial charge in [-0.3, -0.25) is 0 Å². The van der Waals surface area contributed by atoms with Gasteiger partial charge in [0.1, 0.15) is 5.82 Å². The molecule has 8 heteroatoms. The second kappa shape index (κ2) is 14.8. The summed E-state index contributed by atoms with van der Waals surface area (Å²) < 4.78 is 5.10. The van der Waals surface area contributed by atoms with Crippen LogP contribution in [0.15, 0.2) is 23.3 Å². The summed E-state index contributed by atoms with van der Waals surface area (Å²) in [4.78, 5) is 13.9. The first kappa shape index (κ1) is 24.9. The number of guanidine groups is 1. The standard InChI is InChI=1S/C20H36N6O.HI/c1-4-21-20(22-10-14-25(2)11-7-15-27-3)24-17-18-8-9-19(23-16-18)26-12-5-6-13-26;/h8-9,16H,4-7,10-15,17H2,1-3H3,(H2,21,22,24);1H. The Morgan fingerprint density at radius 1 is 1.25 bits per heavy atom. The van der Waals surface area contributed by atoms with Gasteiger partial charge in [-0.1, -0.05) is 6.07 Å². The van der Waals surface area contributed by atoms with Gasteiger partial charge in [0, 0.05) is 59.2 Å². The van der Waals surface area contributed by atoms with E-state index in [0.717, 1.165) is 69.6 Å². The quantitative estimate of drug-likeness (QED) is 0.209. The normalized spacial score (nSPS) is 14.3. The van der Waals surface area contributed by atoms with Crippen molar-refractivity contribution >= 4 is 35.8 Å². The molecule has 1 aromatic rings. The zero-order chi connectivity index (χ0) is 19.3. The number of rotatable bonds is 11. The molecule has 0 aromatic carbocycles. The molecule has 1 aromatic heterocycles. The van der Waals surface area contributed by atoms with E-state index in [9.17, 15) is 0 Å². The maximum Gasteiger partial charge on any atom is 0.191 e. The molecule has 28 heavy (non-hydrogen) atoms. The molecule has 2 rings (SSSR count). The summed E-state index contributed by atoms with van der Waals surface area (Å²) in [7, 11) is 3.88. The molecule has 0 aliphatic carbocycles. The lowest BCUT2D eigenvalue weighted by Gasteiger charge is -2.18. The maximum atomic E-state index is 5.10. The smallest absolute Gasteiger partial charge is 0.191 e. The summed E-state index contributed by atoms with van der Waals surface area (Å²) in [6.45, 7) is 9.50. The highest BCUT2D eigenvalue weighted by molar-refractivity contribution is 14.0. The first-order chi connectivity index (χ1) is 13.2. The van der Waals surface area contributed by atoms with Gasteiger partial charge >= 0.3 is 0 Å². The Bertz CT molecular complexity index is 548. The van der Waals surface area contributed by atoms with Crippen LogP contribution in [0.3, 0.4) is 0 Å². The molecular formula is C20H37IN6O. The van der Waals surface area contributed by atoms with Crippen molar-refractivity contribution in [2.45, 2.75) is 32.7 Å². The summed E-state index contributed by atoms with van der Waals surface area (Å²) >= 11 is 0. The van der Waals surface area contributed by atoms with Gasteiger partial charge in [0.05, 0.1) is 6.54 Å². The molecule has 0 saturated carbocycles. The van der Waals surface area contributed by atoms with Crippen molar-refractivity contribution < 1.29 is 4.74 Å². The minimum absolute atomic E-state index is 0. The highest BCUT2D eigenvalue weighted by atomic mass is 127. The van der Waals surface area contributed by atoms with Crippen molar-refractivity contribution in [2.24, 2.45) is 4.99 Å². The SMILES string of the molecule is CCNC(=NCc1ccc(N2CCCC2)nc1)NCCN(C)CCCOC.I. The summed E-state index contributed by atoms with van der Waals surface area (Å²) in [5, 5.41) is 6.71. The highest BCUT2D eigenvalue weighted by Gasteiger charge is 2.12. The summed E-state index contributed by atoms with van der Waals surface area (Å²) in [5.41, 5.74) is 1.13. The van der Waals surface area contributed by atoms with Gasteiger partial charge in [0.15, 0.2) is 5.96 Å². The molecule has 0 amide bonds. The van der Waals surface area contributed by atoms with Crippen LogP contribution in [0.1, 0.15) is 31.7 Å².